The molecule has 1 aliphatic rings. The minimum atomic E-state index is -3.59. The van der Waals surface area contributed by atoms with E-state index in [1.807, 2.05) is 0 Å². The van der Waals surface area contributed by atoms with Crippen LogP contribution in [0.4, 0.5) is 5.82 Å². The maximum absolute atomic E-state index is 12.4. The number of hydrogen-bond acceptors (Lipinski definition) is 6. The van der Waals surface area contributed by atoms with E-state index in [0.29, 0.717) is 5.82 Å². The normalized spacial score (nSPS) is 18.5. The van der Waals surface area contributed by atoms with Gasteiger partial charge in [0.25, 0.3) is 5.56 Å². The van der Waals surface area contributed by atoms with Crippen molar-refractivity contribution in [3.63, 3.8) is 0 Å². The molecule has 0 bridgehead atoms. The Morgan fingerprint density at radius 1 is 1.28 bits per heavy atom. The average molecular weight is 366 g/mol. The van der Waals surface area contributed by atoms with E-state index in [4.69, 9.17) is 0 Å². The lowest BCUT2D eigenvalue weighted by Gasteiger charge is -2.36. The van der Waals surface area contributed by atoms with Crippen molar-refractivity contribution in [1.82, 2.24) is 24.3 Å². The maximum atomic E-state index is 12.4. The molecule has 2 aromatic heterocycles. The lowest BCUT2D eigenvalue weighted by Crippen LogP contribution is -2.47. The summed E-state index contributed by atoms with van der Waals surface area (Å²) in [6.45, 7) is 1.06. The first-order valence-corrected chi connectivity index (χ1v) is 9.64. The quantitative estimate of drug-likeness (QED) is 0.790. The predicted molar refractivity (Wildman–Crippen MR) is 92.9 cm³/mol. The SMILES string of the molecule is Cn1cc(S(=O)(=O)NCC2CCCCN2c2ccc(=O)n(C)n2)cn1. The summed E-state index contributed by atoms with van der Waals surface area (Å²) in [7, 11) is -0.314. The van der Waals surface area contributed by atoms with E-state index >= 15 is 0 Å². The third-order valence-corrected chi connectivity index (χ3v) is 5.75. The zero-order valence-corrected chi connectivity index (χ0v) is 15.1. The average Bonchev–Trinajstić information content (AvgIpc) is 3.03. The molecule has 1 N–H and O–H groups in total. The van der Waals surface area contributed by atoms with Gasteiger partial charge in [-0.1, -0.05) is 0 Å². The summed E-state index contributed by atoms with van der Waals surface area (Å²) in [6.07, 6.45) is 5.70. The van der Waals surface area contributed by atoms with Crippen molar-refractivity contribution in [2.24, 2.45) is 14.1 Å². The van der Waals surface area contributed by atoms with E-state index in [-0.39, 0.29) is 23.0 Å². The Labute approximate surface area is 146 Å². The Morgan fingerprint density at radius 2 is 2.08 bits per heavy atom. The summed E-state index contributed by atoms with van der Waals surface area (Å²) in [5.41, 5.74) is -0.172. The van der Waals surface area contributed by atoms with Crippen molar-refractivity contribution >= 4 is 15.8 Å². The molecular weight excluding hydrogens is 344 g/mol. The largest absolute Gasteiger partial charge is 0.351 e. The third-order valence-electron chi connectivity index (χ3n) is 4.37. The first kappa shape index (κ1) is 17.6. The summed E-state index contributed by atoms with van der Waals surface area (Å²) in [6, 6.07) is 3.16. The second kappa shape index (κ2) is 6.96. The molecule has 25 heavy (non-hydrogen) atoms. The molecule has 136 valence electrons. The van der Waals surface area contributed by atoms with Gasteiger partial charge in [-0.05, 0) is 25.3 Å². The van der Waals surface area contributed by atoms with Crippen LogP contribution in [0, 0.1) is 0 Å². The van der Waals surface area contributed by atoms with Crippen LogP contribution >= 0.6 is 0 Å². The van der Waals surface area contributed by atoms with E-state index in [1.165, 1.54) is 27.8 Å². The van der Waals surface area contributed by atoms with Crippen molar-refractivity contribution in [2.45, 2.75) is 30.2 Å². The Hall–Kier alpha value is -2.20. The van der Waals surface area contributed by atoms with Gasteiger partial charge >= 0.3 is 0 Å². The van der Waals surface area contributed by atoms with Crippen LogP contribution < -0.4 is 15.2 Å². The highest BCUT2D eigenvalue weighted by Crippen LogP contribution is 2.22. The molecule has 1 saturated heterocycles. The number of aryl methyl sites for hydroxylation is 2. The van der Waals surface area contributed by atoms with Crippen molar-refractivity contribution in [1.29, 1.82) is 0 Å². The molecule has 0 aromatic carbocycles. The molecule has 0 radical (unpaired) electrons. The standard InChI is InChI=1S/C15H22N6O3S/c1-19-11-13(10-16-19)25(23,24)17-9-12-5-3-4-8-21(12)14-6-7-15(22)20(2)18-14/h6-7,10-12,17H,3-5,8-9H2,1-2H3. The summed E-state index contributed by atoms with van der Waals surface area (Å²) < 4.78 is 30.2. The van der Waals surface area contributed by atoms with Gasteiger partial charge in [-0.25, -0.2) is 17.8 Å². The van der Waals surface area contributed by atoms with Crippen molar-refractivity contribution in [3.8, 4) is 0 Å². The van der Waals surface area contributed by atoms with Crippen LogP contribution in [0.15, 0.2) is 34.2 Å². The third kappa shape index (κ3) is 3.90. The number of aromatic nitrogens is 4. The first-order valence-electron chi connectivity index (χ1n) is 8.16. The molecule has 0 aliphatic carbocycles. The van der Waals surface area contributed by atoms with Crippen molar-refractivity contribution < 1.29 is 8.42 Å². The van der Waals surface area contributed by atoms with Crippen molar-refractivity contribution in [2.75, 3.05) is 18.0 Å². The molecule has 1 atom stereocenters. The highest BCUT2D eigenvalue weighted by Gasteiger charge is 2.26. The molecule has 1 fully saturated rings. The number of hydrogen-bond donors (Lipinski definition) is 1. The summed E-state index contributed by atoms with van der Waals surface area (Å²) in [5, 5.41) is 8.19. The Morgan fingerprint density at radius 3 is 2.76 bits per heavy atom. The van der Waals surface area contributed by atoms with Gasteiger partial charge in [-0.3, -0.25) is 9.48 Å². The van der Waals surface area contributed by atoms with Gasteiger partial charge in [0, 0.05) is 45.5 Å². The Balaban J connectivity index is 1.75. The minimum Gasteiger partial charge on any atom is -0.351 e. The van der Waals surface area contributed by atoms with Gasteiger partial charge in [0.2, 0.25) is 10.0 Å². The molecule has 9 nitrogen and oxygen atoms in total. The number of nitrogens with one attached hydrogen (secondary N) is 1. The lowest BCUT2D eigenvalue weighted by molar-refractivity contribution is 0.446. The zero-order valence-electron chi connectivity index (χ0n) is 14.3. The molecule has 1 aliphatic heterocycles. The van der Waals surface area contributed by atoms with Crippen LogP contribution in [0.25, 0.3) is 0 Å². The zero-order chi connectivity index (χ0) is 18.0. The summed E-state index contributed by atoms with van der Waals surface area (Å²) in [4.78, 5) is 13.7. The highest BCUT2D eigenvalue weighted by molar-refractivity contribution is 7.89. The predicted octanol–water partition coefficient (Wildman–Crippen LogP) is -0.149. The number of nitrogens with zero attached hydrogens (tertiary/aromatic N) is 5. The second-order valence-corrected chi connectivity index (χ2v) is 7.96. The molecule has 0 spiro atoms. The van der Waals surface area contributed by atoms with E-state index in [2.05, 4.69) is 19.8 Å². The van der Waals surface area contributed by atoms with Crippen LogP contribution in [0.1, 0.15) is 19.3 Å². The van der Waals surface area contributed by atoms with E-state index in [9.17, 15) is 13.2 Å². The molecule has 10 heteroatoms. The van der Waals surface area contributed by atoms with Crippen LogP contribution in [0.2, 0.25) is 0 Å². The summed E-state index contributed by atoms with van der Waals surface area (Å²) >= 11 is 0. The Kier molecular flexibility index (Phi) is 4.91. The fourth-order valence-corrected chi connectivity index (χ4v) is 4.04. The van der Waals surface area contributed by atoms with E-state index in [0.717, 1.165) is 25.8 Å². The van der Waals surface area contributed by atoms with Crippen LogP contribution in [-0.4, -0.2) is 47.1 Å². The van der Waals surface area contributed by atoms with E-state index in [1.54, 1.807) is 20.2 Å². The number of rotatable bonds is 5. The molecular formula is C15H22N6O3S. The van der Waals surface area contributed by atoms with Gasteiger partial charge in [-0.2, -0.15) is 10.2 Å². The monoisotopic (exact) mass is 366 g/mol. The number of sulfonamides is 1. The van der Waals surface area contributed by atoms with Gasteiger partial charge in [-0.15, -0.1) is 0 Å². The van der Waals surface area contributed by atoms with E-state index < -0.39 is 10.0 Å². The molecule has 1 unspecified atom stereocenters. The molecule has 0 saturated carbocycles. The lowest BCUT2D eigenvalue weighted by atomic mass is 10.0. The minimum absolute atomic E-state index is 0.00908. The van der Waals surface area contributed by atoms with Crippen LogP contribution in [-0.2, 0) is 24.1 Å². The van der Waals surface area contributed by atoms with Crippen molar-refractivity contribution in [3.05, 3.63) is 34.9 Å². The smallest absolute Gasteiger partial charge is 0.266 e. The van der Waals surface area contributed by atoms with Gasteiger partial charge < -0.3 is 4.90 Å². The van der Waals surface area contributed by atoms with Crippen LogP contribution in [0.3, 0.4) is 0 Å². The molecule has 0 amide bonds. The van der Waals surface area contributed by atoms with Gasteiger partial charge in [0.1, 0.15) is 10.7 Å². The van der Waals surface area contributed by atoms with Gasteiger partial charge in [0.15, 0.2) is 0 Å². The summed E-state index contributed by atoms with van der Waals surface area (Å²) in [5.74, 6) is 0.687. The second-order valence-electron chi connectivity index (χ2n) is 6.20. The maximum Gasteiger partial charge on any atom is 0.266 e. The molecule has 3 rings (SSSR count). The van der Waals surface area contributed by atoms with Crippen LogP contribution in [0.5, 0.6) is 0 Å². The molecule has 3 heterocycles. The number of piperidine rings is 1. The first-order chi connectivity index (χ1) is 11.9. The Bertz CT molecular complexity index is 904. The fraction of sp³-hybridized carbons (Fsp3) is 0.533. The molecule has 2 aromatic rings. The fourth-order valence-electron chi connectivity index (χ4n) is 2.98. The highest BCUT2D eigenvalue weighted by atomic mass is 32.2. The van der Waals surface area contributed by atoms with Gasteiger partial charge in [0.05, 0.1) is 6.20 Å². The topological polar surface area (TPSA) is 102 Å². The number of anilines is 1.